The van der Waals surface area contributed by atoms with E-state index in [1.807, 2.05) is 30.9 Å². The van der Waals surface area contributed by atoms with E-state index in [2.05, 4.69) is 64.7 Å². The molecule has 2 heterocycles. The highest BCUT2D eigenvalue weighted by atomic mass is 15.4. The molecule has 1 atom stereocenters. The first-order chi connectivity index (χ1) is 12.3. The van der Waals surface area contributed by atoms with Crippen LogP contribution in [0.3, 0.4) is 0 Å². The van der Waals surface area contributed by atoms with Crippen LogP contribution in [-0.4, -0.2) is 22.9 Å². The van der Waals surface area contributed by atoms with Gasteiger partial charge in [-0.1, -0.05) is 60.7 Å². The maximum absolute atomic E-state index is 4.83. The SMILES string of the molecule is [C]1=C[N+](CCc2ccccc2)(c2c[nH]c(Cc3ccccc3)n2)C=N1. The van der Waals surface area contributed by atoms with Gasteiger partial charge in [-0.25, -0.2) is 4.48 Å². The van der Waals surface area contributed by atoms with E-state index in [-0.39, 0.29) is 0 Å². The lowest BCUT2D eigenvalue weighted by Gasteiger charge is -2.24. The smallest absolute Gasteiger partial charge is 0.256 e. The minimum absolute atomic E-state index is 0.500. The average molecular weight is 328 g/mol. The van der Waals surface area contributed by atoms with Crippen molar-refractivity contribution in [1.29, 1.82) is 0 Å². The quantitative estimate of drug-likeness (QED) is 0.686. The molecule has 4 nitrogen and oxygen atoms in total. The summed E-state index contributed by atoms with van der Waals surface area (Å²) in [6, 6.07) is 20.9. The third-order valence-corrected chi connectivity index (χ3v) is 4.50. The fourth-order valence-corrected chi connectivity index (χ4v) is 3.07. The van der Waals surface area contributed by atoms with Gasteiger partial charge in [0.05, 0.1) is 12.7 Å². The van der Waals surface area contributed by atoms with Crippen molar-refractivity contribution in [2.45, 2.75) is 12.8 Å². The van der Waals surface area contributed by atoms with E-state index in [4.69, 9.17) is 4.98 Å². The van der Waals surface area contributed by atoms with E-state index < -0.39 is 0 Å². The fourth-order valence-electron chi connectivity index (χ4n) is 3.07. The Morgan fingerprint density at radius 3 is 2.32 bits per heavy atom. The summed E-state index contributed by atoms with van der Waals surface area (Å²) in [6.07, 6.45) is 10.6. The molecule has 3 aromatic rings. The standard InChI is InChI=1S/C21H20N4/c1-3-7-18(8-4-1)11-13-25(14-12-22-17-25)21-16-23-20(24-21)15-19-9-5-2-6-10-19/h1-10,14,16-17H,11,13,15H2,(H,23,24)/q+1. The summed E-state index contributed by atoms with van der Waals surface area (Å²) < 4.78 is 0.500. The van der Waals surface area contributed by atoms with Crippen LogP contribution in [0.5, 0.6) is 0 Å². The van der Waals surface area contributed by atoms with E-state index in [0.717, 1.165) is 31.0 Å². The largest absolute Gasteiger partial charge is 0.343 e. The summed E-state index contributed by atoms with van der Waals surface area (Å²) in [5, 5.41) is 0. The highest BCUT2D eigenvalue weighted by Crippen LogP contribution is 2.24. The predicted octanol–water partition coefficient (Wildman–Crippen LogP) is 3.87. The van der Waals surface area contributed by atoms with E-state index in [0.29, 0.717) is 4.48 Å². The van der Waals surface area contributed by atoms with Crippen LogP contribution in [0, 0.1) is 6.20 Å². The van der Waals surface area contributed by atoms with Gasteiger partial charge in [0.1, 0.15) is 12.0 Å². The maximum Gasteiger partial charge on any atom is 0.256 e. The molecule has 1 unspecified atom stereocenters. The number of hydrogen-bond acceptors (Lipinski definition) is 2. The molecule has 0 aliphatic carbocycles. The number of imidazole rings is 1. The first kappa shape index (κ1) is 15.5. The van der Waals surface area contributed by atoms with E-state index in [1.54, 1.807) is 0 Å². The van der Waals surface area contributed by atoms with Gasteiger partial charge < -0.3 is 4.98 Å². The lowest BCUT2D eigenvalue weighted by atomic mass is 10.1. The summed E-state index contributed by atoms with van der Waals surface area (Å²) in [5.74, 6) is 1.92. The molecule has 25 heavy (non-hydrogen) atoms. The van der Waals surface area contributed by atoms with Crippen LogP contribution in [0.25, 0.3) is 0 Å². The zero-order valence-electron chi connectivity index (χ0n) is 14.0. The Balaban J connectivity index is 1.53. The van der Waals surface area contributed by atoms with Crippen molar-refractivity contribution in [3.8, 4) is 0 Å². The molecule has 2 aromatic carbocycles. The molecule has 4 rings (SSSR count). The number of H-pyrrole nitrogens is 1. The number of hydrogen-bond donors (Lipinski definition) is 1. The van der Waals surface area contributed by atoms with Gasteiger partial charge in [-0.15, -0.1) is 0 Å². The minimum Gasteiger partial charge on any atom is -0.343 e. The van der Waals surface area contributed by atoms with Gasteiger partial charge in [-0.2, -0.15) is 9.98 Å². The van der Waals surface area contributed by atoms with Crippen LogP contribution in [0.15, 0.2) is 78.1 Å². The van der Waals surface area contributed by atoms with Gasteiger partial charge in [0.15, 0.2) is 6.20 Å². The molecule has 1 radical (unpaired) electrons. The van der Waals surface area contributed by atoms with Gasteiger partial charge in [0.25, 0.3) is 5.82 Å². The van der Waals surface area contributed by atoms with Crippen molar-refractivity contribution >= 4 is 12.2 Å². The average Bonchev–Trinajstić information content (AvgIpc) is 3.32. The Labute approximate surface area is 147 Å². The molecule has 1 aliphatic heterocycles. The van der Waals surface area contributed by atoms with Crippen molar-refractivity contribution in [3.63, 3.8) is 0 Å². The molecule has 0 fully saturated rings. The second-order valence-electron chi connectivity index (χ2n) is 6.26. The van der Waals surface area contributed by atoms with E-state index in [9.17, 15) is 0 Å². The molecule has 0 saturated carbocycles. The van der Waals surface area contributed by atoms with Gasteiger partial charge in [-0.3, -0.25) is 0 Å². The second-order valence-corrected chi connectivity index (χ2v) is 6.26. The van der Waals surface area contributed by atoms with Crippen molar-refractivity contribution in [1.82, 2.24) is 14.5 Å². The predicted molar refractivity (Wildman–Crippen MR) is 101 cm³/mol. The highest BCUT2D eigenvalue weighted by molar-refractivity contribution is 5.76. The highest BCUT2D eigenvalue weighted by Gasteiger charge is 2.32. The Kier molecular flexibility index (Phi) is 4.27. The topological polar surface area (TPSA) is 41.0 Å². The molecule has 0 spiro atoms. The number of nitrogens with zero attached hydrogens (tertiary/aromatic N) is 3. The van der Waals surface area contributed by atoms with Gasteiger partial charge >= 0.3 is 0 Å². The van der Waals surface area contributed by atoms with Crippen LogP contribution in [-0.2, 0) is 12.8 Å². The molecular formula is C21H20N4+. The van der Waals surface area contributed by atoms with Gasteiger partial charge in [0.2, 0.25) is 6.34 Å². The normalized spacial score (nSPS) is 18.7. The molecular weight excluding hydrogens is 308 g/mol. The van der Waals surface area contributed by atoms with Crippen LogP contribution < -0.4 is 4.48 Å². The minimum atomic E-state index is 0.500. The number of aromatic nitrogens is 2. The van der Waals surface area contributed by atoms with Crippen molar-refractivity contribution in [3.05, 3.63) is 96.2 Å². The van der Waals surface area contributed by atoms with Crippen molar-refractivity contribution in [2.24, 2.45) is 4.99 Å². The zero-order valence-corrected chi connectivity index (χ0v) is 14.0. The molecule has 1 N–H and O–H groups in total. The number of aromatic amines is 1. The summed E-state index contributed by atoms with van der Waals surface area (Å²) in [4.78, 5) is 12.4. The molecule has 1 aromatic heterocycles. The number of benzene rings is 2. The summed E-state index contributed by atoms with van der Waals surface area (Å²) >= 11 is 0. The number of rotatable bonds is 6. The molecule has 0 saturated heterocycles. The second kappa shape index (κ2) is 6.87. The van der Waals surface area contributed by atoms with Crippen LogP contribution >= 0.6 is 0 Å². The van der Waals surface area contributed by atoms with Crippen LogP contribution in [0.4, 0.5) is 5.82 Å². The molecule has 0 bridgehead atoms. The number of quaternary nitrogens is 1. The Morgan fingerprint density at radius 1 is 0.920 bits per heavy atom. The molecule has 0 amide bonds. The van der Waals surface area contributed by atoms with Crippen LogP contribution in [0.2, 0.25) is 0 Å². The summed E-state index contributed by atoms with van der Waals surface area (Å²) in [7, 11) is 0. The van der Waals surface area contributed by atoms with E-state index >= 15 is 0 Å². The van der Waals surface area contributed by atoms with Crippen LogP contribution in [0.1, 0.15) is 17.0 Å². The third kappa shape index (κ3) is 3.44. The first-order valence-electron chi connectivity index (χ1n) is 8.48. The number of nitrogens with one attached hydrogen (secondary N) is 1. The van der Waals surface area contributed by atoms with Gasteiger partial charge in [0, 0.05) is 12.8 Å². The summed E-state index contributed by atoms with van der Waals surface area (Å²) in [5.41, 5.74) is 2.56. The molecule has 123 valence electrons. The Hall–Kier alpha value is -2.98. The number of aliphatic imine (C=N–C) groups is 1. The zero-order chi connectivity index (χ0) is 17.0. The van der Waals surface area contributed by atoms with E-state index in [1.165, 1.54) is 11.1 Å². The molecule has 1 aliphatic rings. The monoisotopic (exact) mass is 328 g/mol. The fraction of sp³-hybridized carbons (Fsp3) is 0.143. The Morgan fingerprint density at radius 2 is 1.64 bits per heavy atom. The Bertz CT molecular complexity index is 867. The summed E-state index contributed by atoms with van der Waals surface area (Å²) in [6.45, 7) is 0.871. The maximum atomic E-state index is 4.83. The van der Waals surface area contributed by atoms with Crippen molar-refractivity contribution in [2.75, 3.05) is 6.54 Å². The lowest BCUT2D eigenvalue weighted by molar-refractivity contribution is 0.547. The van der Waals surface area contributed by atoms with Gasteiger partial charge in [-0.05, 0) is 11.1 Å². The lowest BCUT2D eigenvalue weighted by Crippen LogP contribution is -2.43. The first-order valence-corrected chi connectivity index (χ1v) is 8.48. The third-order valence-electron chi connectivity index (χ3n) is 4.50. The molecule has 4 heteroatoms. The van der Waals surface area contributed by atoms with Crippen molar-refractivity contribution < 1.29 is 0 Å².